The number of fused-ring (bicyclic) bond motifs is 1. The zero-order valence-electron chi connectivity index (χ0n) is 9.28. The van der Waals surface area contributed by atoms with E-state index >= 15 is 0 Å². The summed E-state index contributed by atoms with van der Waals surface area (Å²) >= 11 is 3.79. The molecular formula is C14H12S2. The predicted octanol–water partition coefficient (Wildman–Crippen LogP) is 5.25. The van der Waals surface area contributed by atoms with Gasteiger partial charge in [0.25, 0.3) is 0 Å². The minimum Gasteiger partial charge on any atom is -0.142 e. The van der Waals surface area contributed by atoms with Crippen molar-refractivity contribution in [2.45, 2.75) is 13.8 Å². The molecule has 3 rings (SSSR count). The van der Waals surface area contributed by atoms with Gasteiger partial charge in [-0.15, -0.1) is 22.7 Å². The second kappa shape index (κ2) is 3.72. The van der Waals surface area contributed by atoms with Crippen LogP contribution in [0.1, 0.15) is 11.1 Å². The van der Waals surface area contributed by atoms with Crippen LogP contribution in [0, 0.1) is 13.8 Å². The molecule has 16 heavy (non-hydrogen) atoms. The summed E-state index contributed by atoms with van der Waals surface area (Å²) in [6, 6.07) is 10.7. The number of rotatable bonds is 1. The zero-order chi connectivity index (χ0) is 11.1. The van der Waals surface area contributed by atoms with Crippen LogP contribution in [0.2, 0.25) is 0 Å². The lowest BCUT2D eigenvalue weighted by molar-refractivity contribution is 1.58. The molecule has 2 heterocycles. The maximum absolute atomic E-state index is 2.25. The zero-order valence-corrected chi connectivity index (χ0v) is 10.9. The minimum atomic E-state index is 1.34. The lowest BCUT2D eigenvalue weighted by Crippen LogP contribution is -1.73. The number of aryl methyl sites for hydroxylation is 2. The Hall–Kier alpha value is -1.12. The Morgan fingerprint density at radius 1 is 0.938 bits per heavy atom. The quantitative estimate of drug-likeness (QED) is 0.548. The van der Waals surface area contributed by atoms with Crippen molar-refractivity contribution in [3.8, 4) is 10.4 Å². The molecule has 0 fully saturated rings. The van der Waals surface area contributed by atoms with Gasteiger partial charge in [-0.25, -0.2) is 0 Å². The van der Waals surface area contributed by atoms with E-state index in [-0.39, 0.29) is 0 Å². The highest BCUT2D eigenvalue weighted by atomic mass is 32.1. The van der Waals surface area contributed by atoms with Crippen molar-refractivity contribution in [2.75, 3.05) is 0 Å². The van der Waals surface area contributed by atoms with Crippen LogP contribution in [-0.2, 0) is 0 Å². The van der Waals surface area contributed by atoms with Crippen molar-refractivity contribution >= 4 is 32.1 Å². The summed E-state index contributed by atoms with van der Waals surface area (Å²) in [4.78, 5) is 1.42. The van der Waals surface area contributed by atoms with Crippen LogP contribution in [-0.4, -0.2) is 0 Å². The SMILES string of the molecule is Cc1csc2c(C)c(-c3ccccc3)sc12. The van der Waals surface area contributed by atoms with Crippen molar-refractivity contribution in [1.82, 2.24) is 0 Å². The van der Waals surface area contributed by atoms with Crippen molar-refractivity contribution < 1.29 is 0 Å². The van der Waals surface area contributed by atoms with Crippen LogP contribution < -0.4 is 0 Å². The van der Waals surface area contributed by atoms with Gasteiger partial charge in [0.2, 0.25) is 0 Å². The highest BCUT2D eigenvalue weighted by Gasteiger charge is 2.12. The van der Waals surface area contributed by atoms with E-state index in [4.69, 9.17) is 0 Å². The van der Waals surface area contributed by atoms with Crippen LogP contribution in [0.4, 0.5) is 0 Å². The molecule has 1 aromatic carbocycles. The molecule has 0 saturated heterocycles. The molecule has 0 saturated carbocycles. The van der Waals surface area contributed by atoms with Gasteiger partial charge in [-0.3, -0.25) is 0 Å². The predicted molar refractivity (Wildman–Crippen MR) is 74.6 cm³/mol. The Morgan fingerprint density at radius 3 is 2.38 bits per heavy atom. The fourth-order valence-corrected chi connectivity index (χ4v) is 4.51. The molecule has 2 aromatic heterocycles. The summed E-state index contributed by atoms with van der Waals surface area (Å²) in [5.41, 5.74) is 4.19. The Labute approximate surface area is 103 Å². The van der Waals surface area contributed by atoms with Gasteiger partial charge in [-0.2, -0.15) is 0 Å². The van der Waals surface area contributed by atoms with E-state index in [9.17, 15) is 0 Å². The third-order valence-corrected chi connectivity index (χ3v) is 5.66. The molecule has 0 unspecified atom stereocenters. The van der Waals surface area contributed by atoms with E-state index in [1.54, 1.807) is 0 Å². The van der Waals surface area contributed by atoms with Gasteiger partial charge in [0.15, 0.2) is 0 Å². The standard InChI is InChI=1S/C14H12S2/c1-9-8-15-14-10(2)13(16-12(9)14)11-6-4-3-5-7-11/h3-8H,1-2H3. The largest absolute Gasteiger partial charge is 0.142 e. The van der Waals surface area contributed by atoms with Gasteiger partial charge < -0.3 is 0 Å². The monoisotopic (exact) mass is 244 g/mol. The summed E-state index contributed by atoms with van der Waals surface area (Å²) < 4.78 is 2.92. The molecule has 3 aromatic rings. The average Bonchev–Trinajstić information content (AvgIpc) is 2.83. The number of thiophene rings is 2. The molecule has 0 aliphatic rings. The number of hydrogen-bond acceptors (Lipinski definition) is 2. The molecule has 0 N–H and O–H groups in total. The molecule has 0 aliphatic carbocycles. The summed E-state index contributed by atoms with van der Waals surface area (Å²) in [6.45, 7) is 4.43. The first-order valence-corrected chi connectivity index (χ1v) is 6.99. The van der Waals surface area contributed by atoms with Crippen molar-refractivity contribution in [3.63, 3.8) is 0 Å². The second-order valence-electron chi connectivity index (χ2n) is 4.00. The van der Waals surface area contributed by atoms with Gasteiger partial charge in [0.1, 0.15) is 0 Å². The third kappa shape index (κ3) is 1.41. The molecule has 0 atom stereocenters. The normalized spacial score (nSPS) is 11.1. The molecule has 0 bridgehead atoms. The third-order valence-electron chi connectivity index (χ3n) is 2.84. The molecule has 0 spiro atoms. The number of hydrogen-bond donors (Lipinski definition) is 0. The molecule has 0 nitrogen and oxygen atoms in total. The van der Waals surface area contributed by atoms with E-state index < -0.39 is 0 Å². The fraction of sp³-hybridized carbons (Fsp3) is 0.143. The highest BCUT2D eigenvalue weighted by molar-refractivity contribution is 7.29. The first-order valence-electron chi connectivity index (χ1n) is 5.30. The minimum absolute atomic E-state index is 1.34. The first kappa shape index (κ1) is 10.1. The van der Waals surface area contributed by atoms with E-state index in [0.717, 1.165) is 0 Å². The summed E-state index contributed by atoms with van der Waals surface area (Å²) in [5, 5.41) is 2.25. The Kier molecular flexibility index (Phi) is 2.34. The molecule has 0 radical (unpaired) electrons. The second-order valence-corrected chi connectivity index (χ2v) is 5.90. The average molecular weight is 244 g/mol. The molecule has 0 amide bonds. The van der Waals surface area contributed by atoms with Crippen LogP contribution in [0.3, 0.4) is 0 Å². The summed E-state index contributed by atoms with van der Waals surface area (Å²) in [7, 11) is 0. The van der Waals surface area contributed by atoms with Gasteiger partial charge >= 0.3 is 0 Å². The van der Waals surface area contributed by atoms with Crippen molar-refractivity contribution in [3.05, 3.63) is 46.8 Å². The molecular weight excluding hydrogens is 232 g/mol. The van der Waals surface area contributed by atoms with Gasteiger partial charge in [0.05, 0.1) is 0 Å². The Morgan fingerprint density at radius 2 is 1.69 bits per heavy atom. The molecule has 80 valence electrons. The van der Waals surface area contributed by atoms with Gasteiger partial charge in [-0.1, -0.05) is 30.3 Å². The van der Waals surface area contributed by atoms with Gasteiger partial charge in [0, 0.05) is 14.3 Å². The van der Waals surface area contributed by atoms with Crippen molar-refractivity contribution in [1.29, 1.82) is 0 Å². The summed E-state index contributed by atoms with van der Waals surface area (Å²) in [6.07, 6.45) is 0. The van der Waals surface area contributed by atoms with E-state index in [0.29, 0.717) is 0 Å². The van der Waals surface area contributed by atoms with Crippen molar-refractivity contribution in [2.24, 2.45) is 0 Å². The summed E-state index contributed by atoms with van der Waals surface area (Å²) in [5.74, 6) is 0. The first-order chi connectivity index (χ1) is 7.77. The molecule has 0 aliphatic heterocycles. The maximum atomic E-state index is 2.25. The number of benzene rings is 1. The van der Waals surface area contributed by atoms with E-state index in [1.807, 2.05) is 22.7 Å². The van der Waals surface area contributed by atoms with Gasteiger partial charge in [-0.05, 0) is 35.9 Å². The highest BCUT2D eigenvalue weighted by Crippen LogP contribution is 2.42. The van der Waals surface area contributed by atoms with E-state index in [1.165, 1.54) is 31.0 Å². The molecule has 2 heteroatoms. The lowest BCUT2D eigenvalue weighted by atomic mass is 10.1. The smallest absolute Gasteiger partial charge is 0.0489 e. The lowest BCUT2D eigenvalue weighted by Gasteiger charge is -1.98. The van der Waals surface area contributed by atoms with Crippen LogP contribution in [0.5, 0.6) is 0 Å². The Bertz CT molecular complexity index is 629. The Balaban J connectivity index is 2.29. The van der Waals surface area contributed by atoms with Crippen LogP contribution >= 0.6 is 22.7 Å². The topological polar surface area (TPSA) is 0 Å². The maximum Gasteiger partial charge on any atom is 0.0489 e. The van der Waals surface area contributed by atoms with Crippen LogP contribution in [0.25, 0.3) is 19.8 Å². The van der Waals surface area contributed by atoms with Crippen LogP contribution in [0.15, 0.2) is 35.7 Å². The van der Waals surface area contributed by atoms with E-state index in [2.05, 4.69) is 49.6 Å². The fourth-order valence-electron chi connectivity index (χ4n) is 1.97.